The Hall–Kier alpha value is -3.39. The molecule has 0 atom stereocenters. The van der Waals surface area contributed by atoms with Crippen LogP contribution in [0.15, 0.2) is 39.5 Å². The van der Waals surface area contributed by atoms with Crippen LogP contribution >= 0.6 is 0 Å². The van der Waals surface area contributed by atoms with Gasteiger partial charge in [-0.05, 0) is 38.1 Å². The fourth-order valence-electron chi connectivity index (χ4n) is 3.69. The molecule has 4 N–H and O–H groups in total. The fraction of sp³-hybridized carbons (Fsp3) is 0.318. The zero-order valence-corrected chi connectivity index (χ0v) is 16.3. The highest BCUT2D eigenvalue weighted by molar-refractivity contribution is 5.86. The molecule has 1 aromatic heterocycles. The van der Waals surface area contributed by atoms with Gasteiger partial charge in [-0.25, -0.2) is 0 Å². The van der Waals surface area contributed by atoms with Gasteiger partial charge in [0.2, 0.25) is 0 Å². The summed E-state index contributed by atoms with van der Waals surface area (Å²) in [6.07, 6.45) is 3.63. The lowest BCUT2D eigenvalue weighted by Crippen LogP contribution is -2.33. The van der Waals surface area contributed by atoms with Gasteiger partial charge >= 0.3 is 0 Å². The monoisotopic (exact) mass is 413 g/mol. The molecule has 0 aliphatic carbocycles. The molecule has 8 nitrogen and oxygen atoms in total. The second-order valence-electron chi connectivity index (χ2n) is 7.40. The van der Waals surface area contributed by atoms with E-state index in [9.17, 15) is 25.2 Å². The van der Waals surface area contributed by atoms with Gasteiger partial charge in [-0.2, -0.15) is 0 Å². The average Bonchev–Trinajstić information content (AvgIpc) is 2.72. The fourth-order valence-corrected chi connectivity index (χ4v) is 3.69. The number of phenolic OH excluding ortho intramolecular Hbond substituents is 4. The molecule has 0 spiro atoms. The first kappa shape index (κ1) is 19.9. The predicted octanol–water partition coefficient (Wildman–Crippen LogP) is 3.15. The summed E-state index contributed by atoms with van der Waals surface area (Å²) >= 11 is 0. The number of fused-ring (bicyclic) bond motifs is 1. The van der Waals surface area contributed by atoms with E-state index < -0.39 is 22.7 Å². The first-order valence-electron chi connectivity index (χ1n) is 9.84. The molecule has 0 bridgehead atoms. The van der Waals surface area contributed by atoms with Gasteiger partial charge in [0, 0.05) is 30.3 Å². The normalized spacial score (nSPS) is 14.8. The van der Waals surface area contributed by atoms with E-state index in [1.54, 1.807) is 0 Å². The number of piperidine rings is 1. The van der Waals surface area contributed by atoms with E-state index in [0.717, 1.165) is 37.8 Å². The molecule has 0 saturated carbocycles. The van der Waals surface area contributed by atoms with Crippen LogP contribution in [0.3, 0.4) is 0 Å². The maximum absolute atomic E-state index is 12.5. The van der Waals surface area contributed by atoms with Crippen molar-refractivity contribution >= 4 is 11.0 Å². The Kier molecular flexibility index (Phi) is 5.41. The molecule has 3 aromatic rings. The number of rotatable bonds is 5. The summed E-state index contributed by atoms with van der Waals surface area (Å²) in [5, 5.41) is 39.3. The zero-order valence-electron chi connectivity index (χ0n) is 16.3. The second-order valence-corrected chi connectivity index (χ2v) is 7.40. The molecule has 1 aliphatic heterocycles. The number of hydrogen-bond acceptors (Lipinski definition) is 8. The topological polar surface area (TPSA) is 124 Å². The van der Waals surface area contributed by atoms with Gasteiger partial charge in [-0.3, -0.25) is 9.69 Å². The van der Waals surface area contributed by atoms with Gasteiger partial charge < -0.3 is 29.6 Å². The molecular weight excluding hydrogens is 390 g/mol. The lowest BCUT2D eigenvalue weighted by molar-refractivity contribution is 0.183. The van der Waals surface area contributed by atoms with E-state index in [1.165, 1.54) is 31.4 Å². The van der Waals surface area contributed by atoms with Crippen molar-refractivity contribution in [3.8, 4) is 40.1 Å². The molecule has 0 unspecified atom stereocenters. The van der Waals surface area contributed by atoms with Crippen LogP contribution < -0.4 is 10.2 Å². The van der Waals surface area contributed by atoms with Crippen LogP contribution in [0.25, 0.3) is 22.3 Å². The summed E-state index contributed by atoms with van der Waals surface area (Å²) in [6.45, 7) is 3.32. The predicted molar refractivity (Wildman–Crippen MR) is 110 cm³/mol. The van der Waals surface area contributed by atoms with Gasteiger partial charge in [-0.1, -0.05) is 6.42 Å². The summed E-state index contributed by atoms with van der Waals surface area (Å²) in [7, 11) is 0. The standard InChI is InChI=1S/C22H23NO7/c24-15-10-14(29-7-6-23-4-2-1-3-5-23)11-20-21(15)16(25)12-19(30-20)13-8-17(26)22(28)18(27)9-13/h8-12,24,26-28H,1-7H2. The lowest BCUT2D eigenvalue weighted by Gasteiger charge is -2.26. The number of likely N-dealkylation sites (tertiary alicyclic amines) is 1. The Morgan fingerprint density at radius 2 is 1.60 bits per heavy atom. The first-order valence-corrected chi connectivity index (χ1v) is 9.84. The SMILES string of the molecule is O=c1cc(-c2cc(O)c(O)c(O)c2)oc2cc(OCCN3CCCCC3)cc(O)c12. The summed E-state index contributed by atoms with van der Waals surface area (Å²) in [4.78, 5) is 14.8. The van der Waals surface area contributed by atoms with Crippen LogP contribution in [0.5, 0.6) is 28.7 Å². The third-order valence-corrected chi connectivity index (χ3v) is 5.26. The highest BCUT2D eigenvalue weighted by Crippen LogP contribution is 2.39. The van der Waals surface area contributed by atoms with Crippen molar-refractivity contribution in [3.05, 3.63) is 40.6 Å². The van der Waals surface area contributed by atoms with Crippen molar-refractivity contribution in [1.82, 2.24) is 4.90 Å². The van der Waals surface area contributed by atoms with Crippen molar-refractivity contribution in [3.63, 3.8) is 0 Å². The van der Waals surface area contributed by atoms with Crippen molar-refractivity contribution in [1.29, 1.82) is 0 Å². The van der Waals surface area contributed by atoms with Crippen molar-refractivity contribution in [2.75, 3.05) is 26.2 Å². The van der Waals surface area contributed by atoms with Crippen LogP contribution in [0.4, 0.5) is 0 Å². The molecule has 2 heterocycles. The summed E-state index contributed by atoms with van der Waals surface area (Å²) in [5.41, 5.74) is -0.189. The van der Waals surface area contributed by atoms with Crippen LogP contribution in [-0.4, -0.2) is 51.6 Å². The number of hydrogen-bond donors (Lipinski definition) is 4. The summed E-state index contributed by atoms with van der Waals surface area (Å²) in [6, 6.07) is 6.38. The van der Waals surface area contributed by atoms with Crippen LogP contribution in [0, 0.1) is 0 Å². The minimum atomic E-state index is -0.663. The Bertz CT molecular complexity index is 1110. The third kappa shape index (κ3) is 3.99. The van der Waals surface area contributed by atoms with E-state index in [4.69, 9.17) is 9.15 Å². The average molecular weight is 413 g/mol. The molecule has 8 heteroatoms. The molecule has 4 rings (SSSR count). The van der Waals surface area contributed by atoms with Crippen molar-refractivity contribution < 1.29 is 29.6 Å². The summed E-state index contributed by atoms with van der Waals surface area (Å²) in [5.74, 6) is -1.59. The molecular formula is C22H23NO7. The van der Waals surface area contributed by atoms with E-state index in [1.807, 2.05) is 0 Å². The number of nitrogens with zero attached hydrogens (tertiary/aromatic N) is 1. The van der Waals surface area contributed by atoms with Gasteiger partial charge in [0.1, 0.15) is 34.8 Å². The number of ether oxygens (including phenoxy) is 1. The Labute approximate surface area is 172 Å². The highest BCUT2D eigenvalue weighted by Gasteiger charge is 2.16. The molecule has 158 valence electrons. The second kappa shape index (κ2) is 8.16. The Morgan fingerprint density at radius 1 is 0.900 bits per heavy atom. The molecule has 1 fully saturated rings. The van der Waals surface area contributed by atoms with Gasteiger partial charge in [-0.15, -0.1) is 0 Å². The van der Waals surface area contributed by atoms with Gasteiger partial charge in [0.05, 0.1) is 0 Å². The van der Waals surface area contributed by atoms with Gasteiger partial charge in [0.25, 0.3) is 0 Å². The van der Waals surface area contributed by atoms with Gasteiger partial charge in [0.15, 0.2) is 22.7 Å². The summed E-state index contributed by atoms with van der Waals surface area (Å²) < 4.78 is 11.5. The number of phenols is 4. The molecule has 1 saturated heterocycles. The smallest absolute Gasteiger partial charge is 0.200 e. The lowest BCUT2D eigenvalue weighted by atomic mass is 10.1. The Morgan fingerprint density at radius 3 is 2.30 bits per heavy atom. The maximum atomic E-state index is 12.5. The minimum Gasteiger partial charge on any atom is -0.507 e. The van der Waals surface area contributed by atoms with Crippen LogP contribution in [0.2, 0.25) is 0 Å². The van der Waals surface area contributed by atoms with Crippen LogP contribution in [0.1, 0.15) is 19.3 Å². The van der Waals surface area contributed by atoms with E-state index >= 15 is 0 Å². The quantitative estimate of drug-likeness (QED) is 0.471. The van der Waals surface area contributed by atoms with Crippen LogP contribution in [-0.2, 0) is 0 Å². The number of aromatic hydroxyl groups is 4. The van der Waals surface area contributed by atoms with E-state index in [-0.39, 0.29) is 28.0 Å². The highest BCUT2D eigenvalue weighted by atomic mass is 16.5. The first-order chi connectivity index (χ1) is 14.4. The molecule has 0 amide bonds. The van der Waals surface area contributed by atoms with E-state index in [0.29, 0.717) is 12.4 Å². The molecule has 2 aromatic carbocycles. The zero-order chi connectivity index (χ0) is 21.3. The van der Waals surface area contributed by atoms with Crippen molar-refractivity contribution in [2.24, 2.45) is 0 Å². The van der Waals surface area contributed by atoms with Crippen molar-refractivity contribution in [2.45, 2.75) is 19.3 Å². The maximum Gasteiger partial charge on any atom is 0.200 e. The number of benzene rings is 2. The molecule has 1 aliphatic rings. The largest absolute Gasteiger partial charge is 0.507 e. The Balaban J connectivity index is 1.63. The third-order valence-electron chi connectivity index (χ3n) is 5.26. The van der Waals surface area contributed by atoms with E-state index in [2.05, 4.69) is 4.90 Å². The molecule has 30 heavy (non-hydrogen) atoms. The minimum absolute atomic E-state index is 0.00866. The molecule has 0 radical (unpaired) electrons.